The fourth-order valence-corrected chi connectivity index (χ4v) is 11.4. The Morgan fingerprint density at radius 3 is 1.82 bits per heavy atom. The van der Waals surface area contributed by atoms with Gasteiger partial charge in [-0.15, -0.1) is 0 Å². The van der Waals surface area contributed by atoms with E-state index >= 15 is 0 Å². The zero-order chi connectivity index (χ0) is 40.1. The Labute approximate surface area is 353 Å². The van der Waals surface area contributed by atoms with Gasteiger partial charge in [0.1, 0.15) is 0 Å². The topological polar surface area (TPSA) is 15.8 Å². The number of hydrogen-bond donors (Lipinski definition) is 0. The van der Waals surface area contributed by atoms with Crippen molar-refractivity contribution in [1.82, 2.24) is 8.97 Å². The van der Waals surface area contributed by atoms with E-state index in [2.05, 4.69) is 221 Å². The van der Waals surface area contributed by atoms with Gasteiger partial charge < -0.3 is 18.7 Å². The van der Waals surface area contributed by atoms with Gasteiger partial charge in [-0.1, -0.05) is 127 Å². The summed E-state index contributed by atoms with van der Waals surface area (Å²) in [6.07, 6.45) is 0. The molecule has 5 heteroatoms. The van der Waals surface area contributed by atoms with Crippen LogP contribution in [0.15, 0.2) is 188 Å². The molecule has 284 valence electrons. The lowest BCUT2D eigenvalue weighted by atomic mass is 9.43. The van der Waals surface area contributed by atoms with Crippen LogP contribution in [0.2, 0.25) is 0 Å². The minimum Gasteiger partial charge on any atom is -0.376 e. The molecule has 2 aliphatic heterocycles. The molecule has 0 amide bonds. The Hall–Kier alpha value is -7.76. The summed E-state index contributed by atoms with van der Waals surface area (Å²) in [5.41, 5.74) is 21.1. The normalized spacial score (nSPS) is 13.0. The summed E-state index contributed by atoms with van der Waals surface area (Å²) < 4.78 is 5.11. The fourth-order valence-electron chi connectivity index (χ4n) is 11.4. The first-order chi connectivity index (χ1) is 30.1. The van der Waals surface area contributed by atoms with Crippen molar-refractivity contribution >= 4 is 106 Å². The number of benzene rings is 9. The van der Waals surface area contributed by atoms with Gasteiger partial charge in [-0.25, -0.2) is 0 Å². The number of rotatable bonds is 4. The third-order valence-corrected chi connectivity index (χ3v) is 13.7. The largest absolute Gasteiger partial charge is 0.376 e. The molecule has 12 aromatic rings. The summed E-state index contributed by atoms with van der Waals surface area (Å²) in [4.78, 5) is 5.12. The summed E-state index contributed by atoms with van der Waals surface area (Å²) in [7, 11) is 0. The Balaban J connectivity index is 1.21. The van der Waals surface area contributed by atoms with Gasteiger partial charge in [0.2, 0.25) is 0 Å². The molecule has 0 spiro atoms. The van der Waals surface area contributed by atoms with Crippen LogP contribution in [-0.4, -0.2) is 15.8 Å². The summed E-state index contributed by atoms with van der Waals surface area (Å²) in [6, 6.07) is 70.2. The van der Waals surface area contributed by atoms with E-state index in [1.165, 1.54) is 110 Å². The molecule has 0 unspecified atom stereocenters. The Bertz CT molecular complexity index is 3770. The van der Waals surface area contributed by atoms with Gasteiger partial charge in [-0.2, -0.15) is 0 Å². The first kappa shape index (κ1) is 33.1. The standard InChI is InChI=1S/C56H37BN4/c1-34-27-28-46(35(2)31-34)61-50-30-29-49-52(43-23-13-21-41-39-19-9-11-25-47(39)59(49)55(41)43)53(50)44-32-38(58(36-15-5-3-6-16-36)37-17-7-4-8-18-37)33-51-54(44)57(61)45-24-14-22-42-40-20-10-12-26-48(40)60(51)56(42)45/h3-33H,1-2H3. The lowest BCUT2D eigenvalue weighted by Crippen LogP contribution is -2.60. The van der Waals surface area contributed by atoms with Crippen LogP contribution in [0.3, 0.4) is 0 Å². The maximum absolute atomic E-state index is 2.68. The molecule has 4 nitrogen and oxygen atoms in total. The average Bonchev–Trinajstić information content (AvgIpc) is 3.95. The second-order valence-electron chi connectivity index (χ2n) is 17.0. The second kappa shape index (κ2) is 11.9. The molecule has 9 aromatic carbocycles. The van der Waals surface area contributed by atoms with Crippen molar-refractivity contribution in [2.75, 3.05) is 9.71 Å². The molecule has 0 radical (unpaired) electrons. The number of nitrogens with zero attached hydrogens (tertiary/aromatic N) is 4. The molecule has 2 aliphatic rings. The van der Waals surface area contributed by atoms with E-state index in [-0.39, 0.29) is 6.85 Å². The third kappa shape index (κ3) is 4.25. The molecule has 0 bridgehead atoms. The van der Waals surface area contributed by atoms with Gasteiger partial charge in [0.25, 0.3) is 0 Å². The SMILES string of the molecule is Cc1ccc(N2B3c4c(cc(N(c5ccccc5)c5ccccc5)cc4-n4c5ccccc5c5cccc3c54)-c3c2ccc2c3c3cccc4c5ccccc5n2c43)c(C)c1. The first-order valence-corrected chi connectivity index (χ1v) is 21.3. The number of fused-ring (bicyclic) bond motifs is 14. The number of aryl methyl sites for hydroxylation is 2. The van der Waals surface area contributed by atoms with Gasteiger partial charge in [-0.3, -0.25) is 0 Å². The summed E-state index contributed by atoms with van der Waals surface area (Å²) in [5, 5.41) is 7.72. The van der Waals surface area contributed by atoms with Gasteiger partial charge >= 0.3 is 6.85 Å². The van der Waals surface area contributed by atoms with E-state index < -0.39 is 0 Å². The molecule has 0 N–H and O–H groups in total. The summed E-state index contributed by atoms with van der Waals surface area (Å²) in [5.74, 6) is 0. The molecular formula is C56H37BN4. The monoisotopic (exact) mass is 776 g/mol. The van der Waals surface area contributed by atoms with Gasteiger partial charge in [-0.05, 0) is 103 Å². The predicted molar refractivity (Wildman–Crippen MR) is 259 cm³/mol. The Morgan fingerprint density at radius 1 is 0.443 bits per heavy atom. The Morgan fingerprint density at radius 2 is 1.07 bits per heavy atom. The lowest BCUT2D eigenvalue weighted by molar-refractivity contribution is 1.17. The highest BCUT2D eigenvalue weighted by atomic mass is 15.2. The van der Waals surface area contributed by atoms with Crippen LogP contribution in [-0.2, 0) is 0 Å². The lowest BCUT2D eigenvalue weighted by Gasteiger charge is -2.43. The highest BCUT2D eigenvalue weighted by molar-refractivity contribution is 6.93. The van der Waals surface area contributed by atoms with Crippen molar-refractivity contribution in [3.63, 3.8) is 0 Å². The van der Waals surface area contributed by atoms with Gasteiger partial charge in [0.05, 0.1) is 27.6 Å². The highest BCUT2D eigenvalue weighted by Crippen LogP contribution is 2.52. The van der Waals surface area contributed by atoms with Crippen LogP contribution < -0.4 is 20.6 Å². The predicted octanol–water partition coefficient (Wildman–Crippen LogP) is 13.3. The van der Waals surface area contributed by atoms with Crippen molar-refractivity contribution in [2.24, 2.45) is 0 Å². The van der Waals surface area contributed by atoms with Crippen LogP contribution in [0.5, 0.6) is 0 Å². The smallest absolute Gasteiger partial charge is 0.333 e. The molecule has 14 rings (SSSR count). The van der Waals surface area contributed by atoms with E-state index in [9.17, 15) is 0 Å². The molecule has 5 heterocycles. The van der Waals surface area contributed by atoms with Gasteiger partial charge in [0.15, 0.2) is 0 Å². The molecule has 0 saturated heterocycles. The van der Waals surface area contributed by atoms with Gasteiger partial charge in [0, 0.05) is 72.0 Å². The van der Waals surface area contributed by atoms with E-state index in [0.29, 0.717) is 0 Å². The number of aromatic nitrogens is 2. The minimum absolute atomic E-state index is 0.0784. The first-order valence-electron chi connectivity index (χ1n) is 21.3. The van der Waals surface area contributed by atoms with Crippen LogP contribution >= 0.6 is 0 Å². The van der Waals surface area contributed by atoms with Crippen LogP contribution in [0.1, 0.15) is 11.1 Å². The highest BCUT2D eigenvalue weighted by Gasteiger charge is 2.45. The maximum atomic E-state index is 2.68. The zero-order valence-corrected chi connectivity index (χ0v) is 33.8. The fraction of sp³-hybridized carbons (Fsp3) is 0.0357. The summed E-state index contributed by atoms with van der Waals surface area (Å²) >= 11 is 0. The number of hydrogen-bond acceptors (Lipinski definition) is 2. The molecule has 0 fully saturated rings. The van der Waals surface area contributed by atoms with E-state index in [1.807, 2.05) is 0 Å². The second-order valence-corrected chi connectivity index (χ2v) is 17.0. The molecule has 3 aromatic heterocycles. The van der Waals surface area contributed by atoms with E-state index in [0.717, 1.165) is 17.1 Å². The third-order valence-electron chi connectivity index (χ3n) is 13.7. The molecular weight excluding hydrogens is 739 g/mol. The van der Waals surface area contributed by atoms with E-state index in [4.69, 9.17) is 0 Å². The van der Waals surface area contributed by atoms with Crippen molar-refractivity contribution in [1.29, 1.82) is 0 Å². The quantitative estimate of drug-likeness (QED) is 0.166. The molecule has 0 atom stereocenters. The van der Waals surface area contributed by atoms with Crippen molar-refractivity contribution in [3.8, 4) is 16.8 Å². The number of anilines is 5. The van der Waals surface area contributed by atoms with Crippen LogP contribution in [0.4, 0.5) is 28.4 Å². The minimum atomic E-state index is -0.0784. The van der Waals surface area contributed by atoms with Crippen molar-refractivity contribution < 1.29 is 0 Å². The van der Waals surface area contributed by atoms with E-state index in [1.54, 1.807) is 0 Å². The Kier molecular flexibility index (Phi) is 6.48. The molecule has 0 aliphatic carbocycles. The maximum Gasteiger partial charge on any atom is 0.333 e. The van der Waals surface area contributed by atoms with Crippen LogP contribution in [0.25, 0.3) is 76.7 Å². The van der Waals surface area contributed by atoms with Crippen molar-refractivity contribution in [3.05, 3.63) is 199 Å². The molecule has 0 saturated carbocycles. The molecule has 61 heavy (non-hydrogen) atoms. The van der Waals surface area contributed by atoms with Crippen LogP contribution in [0, 0.1) is 13.8 Å². The number of para-hydroxylation sites is 6. The average molecular weight is 777 g/mol. The summed E-state index contributed by atoms with van der Waals surface area (Å²) in [6.45, 7) is 4.41. The zero-order valence-electron chi connectivity index (χ0n) is 33.8. The van der Waals surface area contributed by atoms with Crippen molar-refractivity contribution in [2.45, 2.75) is 13.8 Å².